The molecule has 0 bridgehead atoms. The van der Waals surface area contributed by atoms with Crippen molar-refractivity contribution in [2.75, 3.05) is 13.2 Å². The first-order valence-corrected chi connectivity index (χ1v) is 7.72. The minimum atomic E-state index is 0.418. The highest BCUT2D eigenvalue weighted by Crippen LogP contribution is 2.19. The first-order chi connectivity index (χ1) is 9.38. The molecule has 20 heavy (non-hydrogen) atoms. The second kappa shape index (κ2) is 8.25. The van der Waals surface area contributed by atoms with E-state index in [9.17, 15) is 0 Å². The lowest BCUT2D eigenvalue weighted by atomic mass is 10.1. The largest absolute Gasteiger partial charge is 0.477 e. The fourth-order valence-corrected chi connectivity index (χ4v) is 1.81. The van der Waals surface area contributed by atoms with E-state index in [1.54, 1.807) is 0 Å². The van der Waals surface area contributed by atoms with Gasteiger partial charge in [-0.3, -0.25) is 0 Å². The number of rotatable bonds is 8. The molecule has 114 valence electrons. The van der Waals surface area contributed by atoms with Crippen LogP contribution in [-0.4, -0.2) is 18.1 Å². The van der Waals surface area contributed by atoms with Crippen LogP contribution in [0.3, 0.4) is 0 Å². The normalized spacial score (nSPS) is 11.7. The van der Waals surface area contributed by atoms with Crippen LogP contribution in [0.2, 0.25) is 0 Å². The Morgan fingerprint density at radius 2 is 1.75 bits per heavy atom. The Morgan fingerprint density at radius 3 is 2.30 bits per heavy atom. The molecule has 1 rings (SSSR count). The molecule has 3 heteroatoms. The molecule has 0 amide bonds. The van der Waals surface area contributed by atoms with E-state index in [1.165, 1.54) is 5.56 Å². The van der Waals surface area contributed by atoms with Gasteiger partial charge in [0.05, 0.1) is 6.61 Å². The Bertz CT molecular complexity index is 400. The molecule has 0 aliphatic rings. The maximum Gasteiger partial charge on any atom is 0.213 e. The fourth-order valence-electron chi connectivity index (χ4n) is 1.81. The zero-order valence-electron chi connectivity index (χ0n) is 13.9. The van der Waals surface area contributed by atoms with Crippen molar-refractivity contribution in [2.45, 2.75) is 54.0 Å². The van der Waals surface area contributed by atoms with Crippen molar-refractivity contribution in [1.82, 2.24) is 10.3 Å². The highest BCUT2D eigenvalue weighted by molar-refractivity contribution is 5.26. The van der Waals surface area contributed by atoms with Crippen LogP contribution in [-0.2, 0) is 6.54 Å². The summed E-state index contributed by atoms with van der Waals surface area (Å²) in [7, 11) is 0. The molecule has 3 nitrogen and oxygen atoms in total. The summed E-state index contributed by atoms with van der Waals surface area (Å²) in [5.41, 5.74) is 2.36. The number of nitrogens with zero attached hydrogens (tertiary/aromatic N) is 1. The number of hydrogen-bond donors (Lipinski definition) is 1. The molecule has 1 N–H and O–H groups in total. The van der Waals surface area contributed by atoms with Gasteiger partial charge in [-0.05, 0) is 35.9 Å². The van der Waals surface area contributed by atoms with Gasteiger partial charge in [-0.1, -0.05) is 41.5 Å². The van der Waals surface area contributed by atoms with Gasteiger partial charge in [0.15, 0.2) is 0 Å². The molecule has 0 atom stereocenters. The summed E-state index contributed by atoms with van der Waals surface area (Å²) >= 11 is 0. The van der Waals surface area contributed by atoms with Gasteiger partial charge < -0.3 is 10.1 Å². The van der Waals surface area contributed by atoms with E-state index in [0.717, 1.165) is 24.7 Å². The number of aromatic nitrogens is 1. The predicted molar refractivity (Wildman–Crippen MR) is 85.2 cm³/mol. The summed E-state index contributed by atoms with van der Waals surface area (Å²) in [6, 6.07) is 4.24. The Morgan fingerprint density at radius 1 is 1.05 bits per heavy atom. The van der Waals surface area contributed by atoms with Gasteiger partial charge in [-0.25, -0.2) is 4.98 Å². The second-order valence-electron chi connectivity index (χ2n) is 6.62. The summed E-state index contributed by atoms with van der Waals surface area (Å²) < 4.78 is 5.79. The van der Waals surface area contributed by atoms with Crippen LogP contribution in [0.25, 0.3) is 0 Å². The molecule has 1 aromatic rings. The molecular weight excluding hydrogens is 248 g/mol. The quantitative estimate of drug-likeness (QED) is 0.781. The summed E-state index contributed by atoms with van der Waals surface area (Å²) in [5.74, 6) is 2.35. The Hall–Kier alpha value is -1.09. The van der Waals surface area contributed by atoms with Crippen LogP contribution in [0, 0.1) is 11.8 Å². The first kappa shape index (κ1) is 17.0. The highest BCUT2D eigenvalue weighted by atomic mass is 16.5. The number of hydrogen-bond acceptors (Lipinski definition) is 3. The summed E-state index contributed by atoms with van der Waals surface area (Å²) in [5, 5.41) is 3.48. The first-order valence-electron chi connectivity index (χ1n) is 7.72. The van der Waals surface area contributed by atoms with Crippen molar-refractivity contribution in [3.63, 3.8) is 0 Å². The molecule has 0 radical (unpaired) electrons. The van der Waals surface area contributed by atoms with Crippen LogP contribution in [0.5, 0.6) is 5.88 Å². The average molecular weight is 278 g/mol. The lowest BCUT2D eigenvalue weighted by molar-refractivity contribution is 0.260. The van der Waals surface area contributed by atoms with Crippen molar-refractivity contribution in [3.8, 4) is 5.88 Å². The van der Waals surface area contributed by atoms with Gasteiger partial charge in [0.2, 0.25) is 5.88 Å². The minimum Gasteiger partial charge on any atom is -0.477 e. The monoisotopic (exact) mass is 278 g/mol. The molecule has 0 saturated heterocycles. The van der Waals surface area contributed by atoms with Gasteiger partial charge in [0, 0.05) is 18.3 Å². The van der Waals surface area contributed by atoms with Crippen molar-refractivity contribution in [3.05, 3.63) is 23.4 Å². The highest BCUT2D eigenvalue weighted by Gasteiger charge is 2.08. The summed E-state index contributed by atoms with van der Waals surface area (Å²) in [6.45, 7) is 15.7. The lowest BCUT2D eigenvalue weighted by Gasteiger charge is -2.14. The molecular formula is C17H30N2O. The third-order valence-electron chi connectivity index (χ3n) is 2.92. The molecule has 0 aliphatic carbocycles. The molecule has 0 aliphatic heterocycles. The van der Waals surface area contributed by atoms with Crippen molar-refractivity contribution in [2.24, 2.45) is 11.8 Å². The minimum absolute atomic E-state index is 0.418. The fraction of sp³-hybridized carbons (Fsp3) is 0.706. The van der Waals surface area contributed by atoms with Crippen molar-refractivity contribution < 1.29 is 4.74 Å². The third kappa shape index (κ3) is 6.38. The molecule has 0 aromatic carbocycles. The Kier molecular flexibility index (Phi) is 7.00. The lowest BCUT2D eigenvalue weighted by Crippen LogP contribution is -2.19. The SMILES string of the molecule is CC(C)CNCc1cc(OCC(C)C)nc(C(C)C)c1. The number of nitrogens with one attached hydrogen (secondary N) is 1. The third-order valence-corrected chi connectivity index (χ3v) is 2.92. The number of ether oxygens (including phenoxy) is 1. The predicted octanol–water partition coefficient (Wildman–Crippen LogP) is 3.99. The molecule has 1 aromatic heterocycles. The standard InChI is InChI=1S/C17H30N2O/c1-12(2)9-18-10-15-7-16(14(5)6)19-17(8-15)20-11-13(3)4/h7-8,12-14,18H,9-11H2,1-6H3. The van der Waals surface area contributed by atoms with Crippen LogP contribution in [0.1, 0.15) is 58.7 Å². The van der Waals surface area contributed by atoms with Gasteiger partial charge in [-0.15, -0.1) is 0 Å². The van der Waals surface area contributed by atoms with Crippen LogP contribution in [0.15, 0.2) is 12.1 Å². The zero-order valence-corrected chi connectivity index (χ0v) is 13.9. The van der Waals surface area contributed by atoms with Crippen LogP contribution < -0.4 is 10.1 Å². The maximum atomic E-state index is 5.79. The molecule has 0 saturated carbocycles. The average Bonchev–Trinajstić information content (AvgIpc) is 2.35. The maximum absolute atomic E-state index is 5.79. The van der Waals surface area contributed by atoms with E-state index in [2.05, 4.69) is 64.0 Å². The van der Waals surface area contributed by atoms with Crippen molar-refractivity contribution in [1.29, 1.82) is 0 Å². The van der Waals surface area contributed by atoms with Gasteiger partial charge in [-0.2, -0.15) is 0 Å². The molecule has 0 fully saturated rings. The van der Waals surface area contributed by atoms with E-state index in [1.807, 2.05) is 0 Å². The smallest absolute Gasteiger partial charge is 0.213 e. The summed E-state index contributed by atoms with van der Waals surface area (Å²) in [6.07, 6.45) is 0. The van der Waals surface area contributed by atoms with Gasteiger partial charge in [0.1, 0.15) is 0 Å². The molecule has 1 heterocycles. The molecule has 0 unspecified atom stereocenters. The molecule has 0 spiro atoms. The topological polar surface area (TPSA) is 34.1 Å². The van der Waals surface area contributed by atoms with E-state index < -0.39 is 0 Å². The van der Waals surface area contributed by atoms with Gasteiger partial charge in [0.25, 0.3) is 0 Å². The second-order valence-corrected chi connectivity index (χ2v) is 6.62. The van der Waals surface area contributed by atoms with E-state index in [-0.39, 0.29) is 0 Å². The van der Waals surface area contributed by atoms with Gasteiger partial charge >= 0.3 is 0 Å². The van der Waals surface area contributed by atoms with E-state index in [0.29, 0.717) is 24.4 Å². The van der Waals surface area contributed by atoms with Crippen molar-refractivity contribution >= 4 is 0 Å². The van der Waals surface area contributed by atoms with Crippen LogP contribution >= 0.6 is 0 Å². The van der Waals surface area contributed by atoms with E-state index in [4.69, 9.17) is 4.74 Å². The van der Waals surface area contributed by atoms with Crippen LogP contribution in [0.4, 0.5) is 0 Å². The zero-order chi connectivity index (χ0) is 15.1. The Balaban J connectivity index is 2.76. The van der Waals surface area contributed by atoms with E-state index >= 15 is 0 Å². The Labute approximate surface area is 124 Å². The summed E-state index contributed by atoms with van der Waals surface area (Å²) in [4.78, 5) is 4.60. The number of pyridine rings is 1.